The zero-order valence-corrected chi connectivity index (χ0v) is 22.4. The van der Waals surface area contributed by atoms with E-state index < -0.39 is 0 Å². The predicted molar refractivity (Wildman–Crippen MR) is 176 cm³/mol. The van der Waals surface area contributed by atoms with Crippen molar-refractivity contribution in [2.75, 3.05) is 0 Å². The molecule has 42 heavy (non-hydrogen) atoms. The molecule has 0 atom stereocenters. The van der Waals surface area contributed by atoms with E-state index in [1.165, 1.54) is 37.7 Å². The molecule has 0 amide bonds. The average molecular weight is 529 g/mol. The van der Waals surface area contributed by atoms with Crippen molar-refractivity contribution in [2.45, 2.75) is 0 Å². The summed E-state index contributed by atoms with van der Waals surface area (Å²) >= 11 is 0. The van der Waals surface area contributed by atoms with Crippen molar-refractivity contribution in [2.24, 2.45) is 0 Å². The number of rotatable bonds is 0. The van der Waals surface area contributed by atoms with E-state index in [4.69, 9.17) is 0 Å². The molecule has 0 aromatic heterocycles. The van der Waals surface area contributed by atoms with Crippen LogP contribution < -0.4 is 0 Å². The Morgan fingerprint density at radius 2 is 0.952 bits per heavy atom. The number of fused-ring (bicyclic) bond motifs is 15. The van der Waals surface area contributed by atoms with E-state index in [-0.39, 0.29) is 0 Å². The van der Waals surface area contributed by atoms with Crippen molar-refractivity contribution in [3.8, 4) is 12.1 Å². The highest BCUT2D eigenvalue weighted by Gasteiger charge is 2.20. The van der Waals surface area contributed by atoms with E-state index in [1.54, 1.807) is 0 Å². The topological polar surface area (TPSA) is 47.6 Å². The second-order valence-corrected chi connectivity index (χ2v) is 11.1. The van der Waals surface area contributed by atoms with Crippen LogP contribution in [0.1, 0.15) is 11.1 Å². The molecule has 2 nitrogen and oxygen atoms in total. The summed E-state index contributed by atoms with van der Waals surface area (Å²) in [4.78, 5) is 0. The summed E-state index contributed by atoms with van der Waals surface area (Å²) in [5.41, 5.74) is 1.31. The Morgan fingerprint density at radius 1 is 0.333 bits per heavy atom. The molecule has 0 N–H and O–H groups in total. The molecule has 0 radical (unpaired) electrons. The zero-order chi connectivity index (χ0) is 27.9. The molecule has 9 aromatic carbocycles. The number of benzene rings is 9. The van der Waals surface area contributed by atoms with Crippen LogP contribution in [0.25, 0.3) is 86.2 Å². The Kier molecular flexibility index (Phi) is 4.50. The minimum Gasteiger partial charge on any atom is -0.192 e. The molecular formula is C40H20N2. The number of hydrogen-bond acceptors (Lipinski definition) is 2. The summed E-state index contributed by atoms with van der Waals surface area (Å²) in [5.74, 6) is 0. The van der Waals surface area contributed by atoms with Crippen LogP contribution in [0.15, 0.2) is 121 Å². The van der Waals surface area contributed by atoms with Gasteiger partial charge >= 0.3 is 0 Å². The molecular weight excluding hydrogens is 508 g/mol. The molecule has 9 aromatic rings. The average Bonchev–Trinajstić information content (AvgIpc) is 3.05. The molecule has 0 saturated heterocycles. The fourth-order valence-electron chi connectivity index (χ4n) is 7.17. The lowest BCUT2D eigenvalue weighted by molar-refractivity contribution is 1.50. The monoisotopic (exact) mass is 528 g/mol. The zero-order valence-electron chi connectivity index (χ0n) is 22.4. The van der Waals surface area contributed by atoms with Crippen LogP contribution in [0, 0.1) is 22.7 Å². The summed E-state index contributed by atoms with van der Waals surface area (Å²) in [5, 5.41) is 38.2. The molecule has 0 unspecified atom stereocenters. The normalized spacial score (nSPS) is 11.8. The molecule has 0 aliphatic heterocycles. The van der Waals surface area contributed by atoms with Gasteiger partial charge < -0.3 is 0 Å². The van der Waals surface area contributed by atoms with Crippen LogP contribution in [0.3, 0.4) is 0 Å². The smallest absolute Gasteiger partial charge is 0.0998 e. The molecule has 190 valence electrons. The summed E-state index contributed by atoms with van der Waals surface area (Å²) < 4.78 is 0. The van der Waals surface area contributed by atoms with E-state index in [9.17, 15) is 10.5 Å². The molecule has 0 heterocycles. The second kappa shape index (κ2) is 8.28. The van der Waals surface area contributed by atoms with Gasteiger partial charge in [-0.1, -0.05) is 91.0 Å². The highest BCUT2D eigenvalue weighted by Crippen LogP contribution is 2.47. The van der Waals surface area contributed by atoms with Crippen molar-refractivity contribution in [1.29, 1.82) is 10.5 Å². The number of hydrogen-bond donors (Lipinski definition) is 0. The Labute approximate surface area is 240 Å². The summed E-state index contributed by atoms with van der Waals surface area (Å²) in [6, 6.07) is 47.5. The van der Waals surface area contributed by atoms with Gasteiger partial charge in [-0.3, -0.25) is 0 Å². The van der Waals surface area contributed by atoms with Gasteiger partial charge in [-0.15, -0.1) is 0 Å². The summed E-state index contributed by atoms with van der Waals surface area (Å²) in [6.07, 6.45) is 0. The predicted octanol–water partition coefficient (Wildman–Crippen LogP) is 10.7. The Balaban J connectivity index is 1.71. The van der Waals surface area contributed by atoms with Crippen molar-refractivity contribution in [3.05, 3.63) is 132 Å². The van der Waals surface area contributed by atoms with E-state index in [1.807, 2.05) is 18.2 Å². The Bertz CT molecular complexity index is 2760. The van der Waals surface area contributed by atoms with Crippen LogP contribution in [-0.4, -0.2) is 0 Å². The van der Waals surface area contributed by atoms with Gasteiger partial charge in [0.15, 0.2) is 0 Å². The van der Waals surface area contributed by atoms with Crippen LogP contribution >= 0.6 is 0 Å². The molecule has 0 aliphatic rings. The fraction of sp³-hybridized carbons (Fsp3) is 0. The van der Waals surface area contributed by atoms with Crippen molar-refractivity contribution in [3.63, 3.8) is 0 Å². The number of nitrogens with zero attached hydrogens (tertiary/aromatic N) is 2. The minimum atomic E-state index is 0.637. The third kappa shape index (κ3) is 2.96. The van der Waals surface area contributed by atoms with Crippen molar-refractivity contribution in [1.82, 2.24) is 0 Å². The van der Waals surface area contributed by atoms with E-state index in [2.05, 4.69) is 115 Å². The van der Waals surface area contributed by atoms with Crippen molar-refractivity contribution >= 4 is 86.2 Å². The number of nitriles is 2. The van der Waals surface area contributed by atoms with Gasteiger partial charge in [-0.2, -0.15) is 10.5 Å². The first-order chi connectivity index (χ1) is 20.7. The molecule has 0 spiro atoms. The van der Waals surface area contributed by atoms with Gasteiger partial charge in [-0.25, -0.2) is 0 Å². The standard InChI is InChI=1S/C40H20N2/c41-21-23-9-15-32-28(17-23)12-13-29-18-30(22-42)38-35-20-27-7-2-1-6-26(27)19-34(35)33-16-14-25-11-10-24-5-3-4-8-31(24)36(25)39(33)40(38)37(29)32/h1-20H. The first kappa shape index (κ1) is 22.8. The lowest BCUT2D eigenvalue weighted by Gasteiger charge is -2.19. The second-order valence-electron chi connectivity index (χ2n) is 11.1. The first-order valence-electron chi connectivity index (χ1n) is 14.1. The molecule has 2 heteroatoms. The summed E-state index contributed by atoms with van der Waals surface area (Å²) in [7, 11) is 0. The van der Waals surface area contributed by atoms with Crippen LogP contribution in [0.4, 0.5) is 0 Å². The molecule has 0 saturated carbocycles. The molecule has 0 aliphatic carbocycles. The van der Waals surface area contributed by atoms with Gasteiger partial charge in [0.05, 0.1) is 23.3 Å². The lowest BCUT2D eigenvalue weighted by atomic mass is 9.83. The first-order valence-corrected chi connectivity index (χ1v) is 14.1. The maximum atomic E-state index is 10.6. The maximum absolute atomic E-state index is 10.6. The van der Waals surface area contributed by atoms with Gasteiger partial charge in [-0.05, 0) is 106 Å². The largest absolute Gasteiger partial charge is 0.192 e. The van der Waals surface area contributed by atoms with Gasteiger partial charge in [0.1, 0.15) is 0 Å². The van der Waals surface area contributed by atoms with Gasteiger partial charge in [0.25, 0.3) is 0 Å². The third-order valence-electron chi connectivity index (χ3n) is 8.98. The molecule has 9 rings (SSSR count). The van der Waals surface area contributed by atoms with E-state index in [0.717, 1.165) is 48.5 Å². The highest BCUT2D eigenvalue weighted by atomic mass is 14.3. The molecule has 0 bridgehead atoms. The van der Waals surface area contributed by atoms with Crippen LogP contribution in [-0.2, 0) is 0 Å². The fourth-order valence-corrected chi connectivity index (χ4v) is 7.17. The van der Waals surface area contributed by atoms with Crippen LogP contribution in [0.2, 0.25) is 0 Å². The molecule has 0 fully saturated rings. The van der Waals surface area contributed by atoms with Gasteiger partial charge in [0, 0.05) is 10.8 Å². The minimum absolute atomic E-state index is 0.637. The maximum Gasteiger partial charge on any atom is 0.0998 e. The Hall–Kier alpha value is -5.96. The van der Waals surface area contributed by atoms with Crippen LogP contribution in [0.5, 0.6) is 0 Å². The lowest BCUT2D eigenvalue weighted by Crippen LogP contribution is -1.92. The highest BCUT2D eigenvalue weighted by molar-refractivity contribution is 6.42. The van der Waals surface area contributed by atoms with E-state index in [0.29, 0.717) is 11.1 Å². The quantitative estimate of drug-likeness (QED) is 0.145. The van der Waals surface area contributed by atoms with E-state index >= 15 is 0 Å². The summed E-state index contributed by atoms with van der Waals surface area (Å²) in [6.45, 7) is 0. The third-order valence-corrected chi connectivity index (χ3v) is 8.98. The Morgan fingerprint density at radius 3 is 1.76 bits per heavy atom. The SMILES string of the molecule is N#Cc1ccc2c(ccc3cc(C#N)c4c5cc6ccccc6cc5c5ccc6ccc7ccccc7c6c5c4c32)c1. The van der Waals surface area contributed by atoms with Crippen molar-refractivity contribution < 1.29 is 0 Å². The van der Waals surface area contributed by atoms with Gasteiger partial charge in [0.2, 0.25) is 0 Å².